The molecule has 0 saturated carbocycles. The van der Waals surface area contributed by atoms with Gasteiger partial charge in [-0.1, -0.05) is 59.4 Å². The number of rotatable bonds is 6. The zero-order valence-corrected chi connectivity index (χ0v) is 17.9. The summed E-state index contributed by atoms with van der Waals surface area (Å²) in [5.74, 6) is 1.03. The van der Waals surface area contributed by atoms with Gasteiger partial charge in [0.05, 0.1) is 12.1 Å². The minimum Gasteiger partial charge on any atom is -0.454 e. The summed E-state index contributed by atoms with van der Waals surface area (Å²) in [5, 5.41) is 0. The van der Waals surface area contributed by atoms with E-state index in [4.69, 9.17) is 4.74 Å². The van der Waals surface area contributed by atoms with Gasteiger partial charge in [-0.05, 0) is 43.5 Å². The molecule has 0 unspecified atom stereocenters. The Hall–Kier alpha value is -2.05. The maximum Gasteiger partial charge on any atom is 0.338 e. The van der Waals surface area contributed by atoms with Gasteiger partial charge < -0.3 is 4.74 Å². The lowest BCUT2D eigenvalue weighted by Crippen LogP contribution is -2.17. The lowest BCUT2D eigenvalue weighted by Gasteiger charge is -2.12. The summed E-state index contributed by atoms with van der Waals surface area (Å²) in [6, 6.07) is 11.3. The number of esters is 1. The van der Waals surface area contributed by atoms with Crippen LogP contribution < -0.4 is 0 Å². The Balaban J connectivity index is 1.66. The van der Waals surface area contributed by atoms with E-state index in [9.17, 15) is 9.59 Å². The van der Waals surface area contributed by atoms with Gasteiger partial charge in [0.15, 0.2) is 6.61 Å². The van der Waals surface area contributed by atoms with Gasteiger partial charge in [-0.25, -0.2) is 4.79 Å². The quantitative estimate of drug-likeness (QED) is 0.493. The van der Waals surface area contributed by atoms with E-state index in [1.165, 1.54) is 0 Å². The Kier molecular flexibility index (Phi) is 6.97. The van der Waals surface area contributed by atoms with Gasteiger partial charge in [0, 0.05) is 17.1 Å². The van der Waals surface area contributed by atoms with Crippen LogP contribution in [0.3, 0.4) is 0 Å². The van der Waals surface area contributed by atoms with Crippen molar-refractivity contribution in [3.05, 3.63) is 69.8 Å². The van der Waals surface area contributed by atoms with Crippen molar-refractivity contribution < 1.29 is 14.3 Å². The zero-order chi connectivity index (χ0) is 20.1. The lowest BCUT2D eigenvalue weighted by atomic mass is 9.97. The van der Waals surface area contributed by atoms with Crippen LogP contribution in [0.5, 0.6) is 0 Å². The van der Waals surface area contributed by atoms with Crippen LogP contribution in [0.1, 0.15) is 43.0 Å². The number of ketones is 1. The number of hydrogen-bond donors (Lipinski definition) is 0. The molecule has 4 nitrogen and oxygen atoms in total. The molecule has 0 saturated heterocycles. The highest BCUT2D eigenvalue weighted by Crippen LogP contribution is 2.26. The number of aliphatic imine (C=N–C) groups is 1. The third kappa shape index (κ3) is 5.06. The van der Waals surface area contributed by atoms with Crippen molar-refractivity contribution in [2.75, 3.05) is 18.9 Å². The monoisotopic (exact) mass is 413 g/mol. The topological polar surface area (TPSA) is 55.7 Å². The second-order valence-corrected chi connectivity index (χ2v) is 9.02. The molecule has 0 aliphatic carbocycles. The Morgan fingerprint density at radius 3 is 2.54 bits per heavy atom. The molecule has 2 aromatic rings. The van der Waals surface area contributed by atoms with Crippen LogP contribution in [0, 0.1) is 20.8 Å². The fourth-order valence-electron chi connectivity index (χ4n) is 3.29. The van der Waals surface area contributed by atoms with Crippen LogP contribution in [-0.2, 0) is 10.5 Å². The van der Waals surface area contributed by atoms with E-state index in [1.807, 2.05) is 51.1 Å². The number of Topliss-reactive ketones (excluding diaryl/α,β-unsaturated/α-hetero) is 1. The molecule has 146 valence electrons. The van der Waals surface area contributed by atoms with Crippen LogP contribution in [0.15, 0.2) is 41.4 Å². The number of hydrogen-bond acceptors (Lipinski definition) is 6. The molecule has 0 atom stereocenters. The highest BCUT2D eigenvalue weighted by Gasteiger charge is 2.18. The highest BCUT2D eigenvalue weighted by atomic mass is 32.2. The number of carbonyl (C=O) groups is 2. The predicted octanol–water partition coefficient (Wildman–Crippen LogP) is 4.99. The van der Waals surface area contributed by atoms with Crippen molar-refractivity contribution in [2.45, 2.75) is 26.5 Å². The standard InChI is InChI=1S/C22H23NO3S2/c1-14-10-15(2)20(16(3)11-14)19(24)12-26-21(25)18-7-5-4-6-17(18)13-28-22-23-8-9-27-22/h4-7,10-11H,8-9,12-13H2,1-3H3. The normalized spacial score (nSPS) is 13.3. The molecule has 0 bridgehead atoms. The average Bonchev–Trinajstić information content (AvgIpc) is 3.17. The minimum absolute atomic E-state index is 0.174. The second-order valence-electron chi connectivity index (χ2n) is 6.71. The number of ether oxygens (including phenoxy) is 1. The summed E-state index contributed by atoms with van der Waals surface area (Å²) >= 11 is 3.38. The van der Waals surface area contributed by atoms with Crippen molar-refractivity contribution >= 4 is 39.7 Å². The van der Waals surface area contributed by atoms with Crippen LogP contribution in [-0.4, -0.2) is 35.0 Å². The van der Waals surface area contributed by atoms with Gasteiger partial charge in [-0.2, -0.15) is 0 Å². The van der Waals surface area contributed by atoms with Gasteiger partial charge in [0.1, 0.15) is 4.38 Å². The minimum atomic E-state index is -0.465. The first kappa shape index (κ1) is 20.7. The van der Waals surface area contributed by atoms with Gasteiger partial charge in [0.2, 0.25) is 5.78 Å². The van der Waals surface area contributed by atoms with Gasteiger partial charge in [-0.3, -0.25) is 9.79 Å². The molecule has 0 aromatic heterocycles. The Bertz CT molecular complexity index is 914. The number of benzene rings is 2. The van der Waals surface area contributed by atoms with E-state index < -0.39 is 5.97 Å². The van der Waals surface area contributed by atoms with Crippen molar-refractivity contribution in [3.8, 4) is 0 Å². The number of thioether (sulfide) groups is 2. The fraction of sp³-hybridized carbons (Fsp3) is 0.318. The van der Waals surface area contributed by atoms with Crippen LogP contribution in [0.25, 0.3) is 0 Å². The molecule has 6 heteroatoms. The van der Waals surface area contributed by atoms with E-state index in [-0.39, 0.29) is 12.4 Å². The molecule has 1 aliphatic heterocycles. The Morgan fingerprint density at radius 2 is 1.86 bits per heavy atom. The smallest absolute Gasteiger partial charge is 0.338 e. The van der Waals surface area contributed by atoms with E-state index in [2.05, 4.69) is 4.99 Å². The lowest BCUT2D eigenvalue weighted by molar-refractivity contribution is 0.0473. The van der Waals surface area contributed by atoms with Crippen molar-refractivity contribution in [2.24, 2.45) is 4.99 Å². The number of nitrogens with zero attached hydrogens (tertiary/aromatic N) is 1. The summed E-state index contributed by atoms with van der Waals surface area (Å²) < 4.78 is 6.42. The third-order valence-corrected chi connectivity index (χ3v) is 6.74. The summed E-state index contributed by atoms with van der Waals surface area (Å²) in [4.78, 5) is 29.6. The Morgan fingerprint density at radius 1 is 1.14 bits per heavy atom. The summed E-state index contributed by atoms with van der Waals surface area (Å²) in [7, 11) is 0. The maximum atomic E-state index is 12.6. The van der Waals surface area contributed by atoms with Crippen molar-refractivity contribution in [1.82, 2.24) is 0 Å². The highest BCUT2D eigenvalue weighted by molar-refractivity contribution is 8.38. The predicted molar refractivity (Wildman–Crippen MR) is 118 cm³/mol. The molecule has 28 heavy (non-hydrogen) atoms. The summed E-state index contributed by atoms with van der Waals surface area (Å²) in [6.45, 7) is 6.42. The van der Waals surface area contributed by atoms with Gasteiger partial charge in [-0.15, -0.1) is 0 Å². The molecule has 0 radical (unpaired) electrons. The molecular weight excluding hydrogens is 390 g/mol. The van der Waals surface area contributed by atoms with Crippen LogP contribution >= 0.6 is 23.5 Å². The van der Waals surface area contributed by atoms with E-state index in [0.29, 0.717) is 16.9 Å². The Labute approximate surface area is 174 Å². The summed E-state index contributed by atoms with van der Waals surface area (Å²) in [6.07, 6.45) is 0. The first-order chi connectivity index (χ1) is 13.5. The molecule has 0 N–H and O–H groups in total. The fourth-order valence-corrected chi connectivity index (χ4v) is 5.30. The number of aryl methyl sites for hydroxylation is 3. The maximum absolute atomic E-state index is 12.6. The third-order valence-electron chi connectivity index (χ3n) is 4.44. The van der Waals surface area contributed by atoms with E-state index in [1.54, 1.807) is 29.6 Å². The first-order valence-corrected chi connectivity index (χ1v) is 11.1. The van der Waals surface area contributed by atoms with Gasteiger partial charge >= 0.3 is 5.97 Å². The zero-order valence-electron chi connectivity index (χ0n) is 16.3. The van der Waals surface area contributed by atoms with Gasteiger partial charge in [0.25, 0.3) is 0 Å². The molecular formula is C22H23NO3S2. The first-order valence-electron chi connectivity index (χ1n) is 9.12. The van der Waals surface area contributed by atoms with Crippen molar-refractivity contribution in [3.63, 3.8) is 0 Å². The SMILES string of the molecule is Cc1cc(C)c(C(=O)COC(=O)c2ccccc2CSC2=NCCS2)c(C)c1. The van der Waals surface area contributed by atoms with Crippen molar-refractivity contribution in [1.29, 1.82) is 0 Å². The average molecular weight is 414 g/mol. The molecule has 3 rings (SSSR count). The molecule has 2 aromatic carbocycles. The van der Waals surface area contributed by atoms with Crippen LogP contribution in [0.4, 0.5) is 0 Å². The van der Waals surface area contributed by atoms with Crippen LogP contribution in [0.2, 0.25) is 0 Å². The largest absolute Gasteiger partial charge is 0.454 e. The summed E-state index contributed by atoms with van der Waals surface area (Å²) in [5.41, 5.74) is 4.96. The number of carbonyl (C=O) groups excluding carboxylic acids is 2. The van der Waals surface area contributed by atoms with E-state index in [0.717, 1.165) is 38.9 Å². The molecule has 1 aliphatic rings. The van der Waals surface area contributed by atoms with E-state index >= 15 is 0 Å². The molecule has 1 heterocycles. The molecule has 0 fully saturated rings. The molecule has 0 amide bonds. The molecule has 0 spiro atoms. The second kappa shape index (κ2) is 9.43.